The van der Waals surface area contributed by atoms with Gasteiger partial charge in [0, 0.05) is 0 Å². The molecule has 3 rings (SSSR count). The van der Waals surface area contributed by atoms with Crippen molar-refractivity contribution in [2.45, 2.75) is 6.92 Å². The van der Waals surface area contributed by atoms with Crippen molar-refractivity contribution < 1.29 is 0 Å². The van der Waals surface area contributed by atoms with E-state index < -0.39 is 0 Å². The minimum Gasteiger partial charge on any atom is -0.394 e. The van der Waals surface area contributed by atoms with Crippen molar-refractivity contribution in [2.75, 3.05) is 11.1 Å². The number of halogens is 2. The lowest BCUT2D eigenvalue weighted by atomic mass is 10.2. The topological polar surface area (TPSA) is 89.6 Å². The molecule has 0 saturated heterocycles. The van der Waals surface area contributed by atoms with E-state index in [1.54, 1.807) is 19.1 Å². The number of nitrogens with zero attached hydrogens (tertiary/aromatic N) is 4. The van der Waals surface area contributed by atoms with Crippen LogP contribution in [0.1, 0.15) is 5.69 Å². The first-order chi connectivity index (χ1) is 9.56. The molecule has 3 aromatic rings. The zero-order chi connectivity index (χ0) is 14.3. The molecule has 0 aliphatic rings. The van der Waals surface area contributed by atoms with Gasteiger partial charge in [-0.3, -0.25) is 0 Å². The fourth-order valence-corrected chi connectivity index (χ4v) is 2.66. The Balaban J connectivity index is 2.14. The number of nitrogen functional groups attached to an aromatic ring is 1. The van der Waals surface area contributed by atoms with E-state index in [-0.39, 0.29) is 5.28 Å². The van der Waals surface area contributed by atoms with Crippen LogP contribution in [0.15, 0.2) is 12.1 Å². The largest absolute Gasteiger partial charge is 0.394 e. The first kappa shape index (κ1) is 13.3. The Bertz CT molecular complexity index is 803. The molecule has 2 heterocycles. The molecule has 0 aliphatic carbocycles. The first-order valence-corrected chi connectivity index (χ1v) is 7.02. The summed E-state index contributed by atoms with van der Waals surface area (Å²) in [6, 6.07) is 3.54. The standard InChI is InChI=1S/C11H8Cl2N6S/c1-4-7(14)10(17-11(13)15-4)16-8-5(12)2-3-6-9(8)19-20-18-6/h2-3H,14H2,1H3,(H,15,16,17). The van der Waals surface area contributed by atoms with Crippen LogP contribution in [0.5, 0.6) is 0 Å². The van der Waals surface area contributed by atoms with Gasteiger partial charge in [0.05, 0.1) is 33.8 Å². The molecule has 0 aliphatic heterocycles. The third-order valence-corrected chi connectivity index (χ3v) is 3.76. The van der Waals surface area contributed by atoms with Crippen molar-refractivity contribution in [1.82, 2.24) is 18.7 Å². The molecule has 0 unspecified atom stereocenters. The number of fused-ring (bicyclic) bond motifs is 1. The summed E-state index contributed by atoms with van der Waals surface area (Å²) in [5.41, 5.74) is 8.95. The number of benzene rings is 1. The van der Waals surface area contributed by atoms with Gasteiger partial charge in [0.25, 0.3) is 0 Å². The summed E-state index contributed by atoms with van der Waals surface area (Å²) in [5, 5.41) is 3.67. The molecule has 1 aromatic carbocycles. The first-order valence-electron chi connectivity index (χ1n) is 5.53. The number of aryl methyl sites for hydroxylation is 1. The van der Waals surface area contributed by atoms with Crippen LogP contribution < -0.4 is 11.1 Å². The van der Waals surface area contributed by atoms with Crippen LogP contribution in [0.2, 0.25) is 10.3 Å². The zero-order valence-corrected chi connectivity index (χ0v) is 12.5. The molecule has 0 atom stereocenters. The van der Waals surface area contributed by atoms with Crippen molar-refractivity contribution in [1.29, 1.82) is 0 Å². The Morgan fingerprint density at radius 1 is 1.20 bits per heavy atom. The van der Waals surface area contributed by atoms with Crippen LogP contribution in [-0.2, 0) is 0 Å². The average molecular weight is 327 g/mol. The summed E-state index contributed by atoms with van der Waals surface area (Å²) in [6.45, 7) is 1.75. The van der Waals surface area contributed by atoms with Gasteiger partial charge in [0.15, 0.2) is 5.82 Å². The maximum absolute atomic E-state index is 6.20. The number of anilines is 3. The lowest BCUT2D eigenvalue weighted by molar-refractivity contribution is 1.11. The lowest BCUT2D eigenvalue weighted by Gasteiger charge is -2.11. The van der Waals surface area contributed by atoms with Gasteiger partial charge >= 0.3 is 0 Å². The normalized spacial score (nSPS) is 10.9. The van der Waals surface area contributed by atoms with Crippen LogP contribution in [0, 0.1) is 6.92 Å². The third-order valence-electron chi connectivity index (χ3n) is 2.73. The van der Waals surface area contributed by atoms with E-state index in [4.69, 9.17) is 28.9 Å². The Labute approximate surface area is 128 Å². The van der Waals surface area contributed by atoms with E-state index in [2.05, 4.69) is 24.0 Å². The second-order valence-corrected chi connectivity index (χ2v) is 5.29. The van der Waals surface area contributed by atoms with Gasteiger partial charge in [-0.25, -0.2) is 4.98 Å². The molecule has 2 aromatic heterocycles. The Morgan fingerprint density at radius 3 is 2.80 bits per heavy atom. The highest BCUT2D eigenvalue weighted by atomic mass is 35.5. The fourth-order valence-electron chi connectivity index (χ4n) is 1.71. The summed E-state index contributed by atoms with van der Waals surface area (Å²) in [4.78, 5) is 8.06. The summed E-state index contributed by atoms with van der Waals surface area (Å²) < 4.78 is 8.38. The molecule has 6 nitrogen and oxygen atoms in total. The molecule has 0 spiro atoms. The van der Waals surface area contributed by atoms with Gasteiger partial charge in [0.2, 0.25) is 5.28 Å². The molecule has 0 saturated carbocycles. The number of hydrogen-bond donors (Lipinski definition) is 2. The molecular weight excluding hydrogens is 319 g/mol. The molecule has 0 radical (unpaired) electrons. The van der Waals surface area contributed by atoms with Gasteiger partial charge in [0.1, 0.15) is 11.0 Å². The number of hydrogen-bond acceptors (Lipinski definition) is 7. The van der Waals surface area contributed by atoms with Crippen LogP contribution in [0.25, 0.3) is 11.0 Å². The molecule has 102 valence electrons. The number of nitrogens with one attached hydrogen (secondary N) is 1. The van der Waals surface area contributed by atoms with E-state index in [9.17, 15) is 0 Å². The zero-order valence-electron chi connectivity index (χ0n) is 10.2. The molecular formula is C11H8Cl2N6S. The highest BCUT2D eigenvalue weighted by molar-refractivity contribution is 7.00. The monoisotopic (exact) mass is 326 g/mol. The van der Waals surface area contributed by atoms with E-state index in [1.165, 1.54) is 0 Å². The van der Waals surface area contributed by atoms with Crippen LogP contribution >= 0.6 is 34.9 Å². The summed E-state index contributed by atoms with van der Waals surface area (Å²) in [5.74, 6) is 0.393. The van der Waals surface area contributed by atoms with Gasteiger partial charge < -0.3 is 11.1 Å². The molecule has 0 bridgehead atoms. The SMILES string of the molecule is Cc1nc(Cl)nc(Nc2c(Cl)ccc3nsnc23)c1N. The van der Waals surface area contributed by atoms with E-state index in [1.807, 2.05) is 0 Å². The van der Waals surface area contributed by atoms with Crippen molar-refractivity contribution in [3.8, 4) is 0 Å². The average Bonchev–Trinajstić information content (AvgIpc) is 2.87. The van der Waals surface area contributed by atoms with Crippen molar-refractivity contribution in [2.24, 2.45) is 0 Å². The van der Waals surface area contributed by atoms with Crippen molar-refractivity contribution in [3.63, 3.8) is 0 Å². The quantitative estimate of drug-likeness (QED) is 0.701. The smallest absolute Gasteiger partial charge is 0.224 e. The van der Waals surface area contributed by atoms with Crippen molar-refractivity contribution in [3.05, 3.63) is 28.1 Å². The highest BCUT2D eigenvalue weighted by Crippen LogP contribution is 2.34. The van der Waals surface area contributed by atoms with E-state index >= 15 is 0 Å². The summed E-state index contributed by atoms with van der Waals surface area (Å²) >= 11 is 13.2. The Hall–Kier alpha value is -1.70. The highest BCUT2D eigenvalue weighted by Gasteiger charge is 2.14. The van der Waals surface area contributed by atoms with E-state index in [0.717, 1.165) is 17.2 Å². The maximum atomic E-state index is 6.20. The molecule has 0 amide bonds. The van der Waals surface area contributed by atoms with Gasteiger partial charge in [-0.1, -0.05) is 11.6 Å². The predicted octanol–water partition coefficient (Wildman–Crippen LogP) is 3.42. The summed E-state index contributed by atoms with van der Waals surface area (Å²) in [7, 11) is 0. The fraction of sp³-hybridized carbons (Fsp3) is 0.0909. The van der Waals surface area contributed by atoms with Gasteiger partial charge in [-0.05, 0) is 30.7 Å². The van der Waals surface area contributed by atoms with E-state index in [0.29, 0.717) is 33.4 Å². The predicted molar refractivity (Wildman–Crippen MR) is 81.9 cm³/mol. The Morgan fingerprint density at radius 2 is 2.00 bits per heavy atom. The minimum absolute atomic E-state index is 0.110. The number of aromatic nitrogens is 4. The number of nitrogens with two attached hydrogens (primary N) is 1. The van der Waals surface area contributed by atoms with Crippen LogP contribution in [-0.4, -0.2) is 18.7 Å². The Kier molecular flexibility index (Phi) is 3.33. The lowest BCUT2D eigenvalue weighted by Crippen LogP contribution is -2.04. The number of rotatable bonds is 2. The molecule has 0 fully saturated rings. The maximum Gasteiger partial charge on any atom is 0.224 e. The minimum atomic E-state index is 0.110. The van der Waals surface area contributed by atoms with Crippen LogP contribution in [0.3, 0.4) is 0 Å². The third kappa shape index (κ3) is 2.24. The van der Waals surface area contributed by atoms with Crippen LogP contribution in [0.4, 0.5) is 17.2 Å². The van der Waals surface area contributed by atoms with Gasteiger partial charge in [-0.15, -0.1) is 0 Å². The van der Waals surface area contributed by atoms with Crippen molar-refractivity contribution >= 4 is 63.2 Å². The molecule has 3 N–H and O–H groups in total. The second kappa shape index (κ2) is 5.01. The summed E-state index contributed by atoms with van der Waals surface area (Å²) in [6.07, 6.45) is 0. The molecule has 20 heavy (non-hydrogen) atoms. The molecule has 9 heteroatoms. The second-order valence-electron chi connectivity index (χ2n) is 4.02. The van der Waals surface area contributed by atoms with Gasteiger partial charge in [-0.2, -0.15) is 13.7 Å².